The van der Waals surface area contributed by atoms with E-state index >= 15 is 0 Å². The highest BCUT2D eigenvalue weighted by Gasteiger charge is 2.21. The molecule has 2 aromatic rings. The summed E-state index contributed by atoms with van der Waals surface area (Å²) >= 11 is 0. The third-order valence-corrected chi connectivity index (χ3v) is 5.46. The van der Waals surface area contributed by atoms with Crippen LogP contribution in [0.1, 0.15) is 39.7 Å². The Morgan fingerprint density at radius 2 is 1.61 bits per heavy atom. The fourth-order valence-electron chi connectivity index (χ4n) is 2.90. The van der Waals surface area contributed by atoms with Crippen LogP contribution in [-0.4, -0.2) is 32.4 Å². The fourth-order valence-corrected chi connectivity index (χ4v) is 3.85. The van der Waals surface area contributed by atoms with E-state index in [-0.39, 0.29) is 34.9 Å². The number of benzene rings is 2. The minimum absolute atomic E-state index is 0.0757. The zero-order chi connectivity index (χ0) is 23.1. The lowest BCUT2D eigenvalue weighted by Gasteiger charge is -2.22. The van der Waals surface area contributed by atoms with Crippen molar-refractivity contribution in [1.29, 1.82) is 0 Å². The van der Waals surface area contributed by atoms with Crippen molar-refractivity contribution in [2.75, 3.05) is 6.54 Å². The normalized spacial score (nSPS) is 12.6. The zero-order valence-corrected chi connectivity index (χ0v) is 19.1. The molecule has 0 spiro atoms. The van der Waals surface area contributed by atoms with Gasteiger partial charge >= 0.3 is 16.1 Å². The molecule has 31 heavy (non-hydrogen) atoms. The third-order valence-electron chi connectivity index (χ3n) is 4.20. The Labute approximate surface area is 183 Å². The topological polar surface area (TPSA) is 98.8 Å². The van der Waals surface area contributed by atoms with Gasteiger partial charge in [0, 0.05) is 13.5 Å². The maximum atomic E-state index is 12.3. The average molecular weight is 448 g/mol. The predicted molar refractivity (Wildman–Crippen MR) is 117 cm³/mol. The van der Waals surface area contributed by atoms with E-state index in [1.165, 1.54) is 19.1 Å². The molecule has 0 saturated carbocycles. The van der Waals surface area contributed by atoms with Crippen LogP contribution >= 0.6 is 0 Å². The van der Waals surface area contributed by atoms with Crippen molar-refractivity contribution < 1.29 is 26.9 Å². The van der Waals surface area contributed by atoms with Crippen LogP contribution in [0, 0.1) is 5.92 Å². The van der Waals surface area contributed by atoms with Gasteiger partial charge in [0.2, 0.25) is 5.91 Å². The van der Waals surface area contributed by atoms with E-state index in [2.05, 4.69) is 5.32 Å². The number of amides is 1. The number of rotatable bonds is 9. The smallest absolute Gasteiger partial charge is 0.339 e. The second-order valence-corrected chi connectivity index (χ2v) is 9.84. The molecule has 7 nitrogen and oxygen atoms in total. The molecule has 1 atom stereocenters. The lowest BCUT2D eigenvalue weighted by Crippen LogP contribution is -2.32. The van der Waals surface area contributed by atoms with Gasteiger partial charge < -0.3 is 14.2 Å². The molecule has 8 heteroatoms. The predicted octanol–water partition coefficient (Wildman–Crippen LogP) is 3.48. The minimum Gasteiger partial charge on any atom is -0.460 e. The van der Waals surface area contributed by atoms with Crippen LogP contribution < -0.4 is 9.50 Å². The number of hydrogen-bond acceptors (Lipinski definition) is 6. The van der Waals surface area contributed by atoms with Crippen molar-refractivity contribution in [2.45, 2.75) is 51.0 Å². The molecule has 1 unspecified atom stereocenters. The summed E-state index contributed by atoms with van der Waals surface area (Å²) in [4.78, 5) is 23.6. The monoisotopic (exact) mass is 447 g/mol. The van der Waals surface area contributed by atoms with Gasteiger partial charge in [-0.2, -0.15) is 8.42 Å². The number of esters is 1. The summed E-state index contributed by atoms with van der Waals surface area (Å²) in [5.41, 5.74) is 0.294. The van der Waals surface area contributed by atoms with Gasteiger partial charge in [0.25, 0.3) is 0 Å². The first-order valence-corrected chi connectivity index (χ1v) is 11.4. The van der Waals surface area contributed by atoms with E-state index in [0.717, 1.165) is 5.56 Å². The van der Waals surface area contributed by atoms with Crippen molar-refractivity contribution in [3.05, 3.63) is 60.2 Å². The van der Waals surface area contributed by atoms with Gasteiger partial charge in [-0.3, -0.25) is 9.59 Å². The Bertz CT molecular complexity index is 979. The van der Waals surface area contributed by atoms with Crippen LogP contribution in [0.15, 0.2) is 59.5 Å². The molecule has 168 valence electrons. The van der Waals surface area contributed by atoms with Gasteiger partial charge in [0.15, 0.2) is 0 Å². The second kappa shape index (κ2) is 10.4. The molecule has 0 bridgehead atoms. The molecule has 1 N–H and O–H groups in total. The van der Waals surface area contributed by atoms with Gasteiger partial charge in [-0.1, -0.05) is 30.3 Å². The maximum Gasteiger partial charge on any atom is 0.339 e. The Balaban J connectivity index is 2.05. The molecule has 2 aromatic carbocycles. The summed E-state index contributed by atoms with van der Waals surface area (Å²) in [6, 6.07) is 14.5. The number of nitrogens with one attached hydrogen (secondary N) is 1. The van der Waals surface area contributed by atoms with Crippen molar-refractivity contribution in [3.8, 4) is 5.75 Å². The van der Waals surface area contributed by atoms with Gasteiger partial charge in [0.05, 0.1) is 6.42 Å². The summed E-state index contributed by atoms with van der Waals surface area (Å²) < 4.78 is 35.2. The van der Waals surface area contributed by atoms with E-state index < -0.39 is 15.7 Å². The fraction of sp³-hybridized carbons (Fsp3) is 0.391. The standard InChI is InChI=1S/C23H29NO6S/c1-17(25)24-16-19(15-22(26)29-23(2,3)4)14-18-10-12-20(13-11-18)30-31(27,28)21-8-6-5-7-9-21/h5-13,19H,14-16H2,1-4H3,(H,24,25). The maximum absolute atomic E-state index is 12.3. The molecule has 0 radical (unpaired) electrons. The summed E-state index contributed by atoms with van der Waals surface area (Å²) in [6.07, 6.45) is 0.656. The van der Waals surface area contributed by atoms with Crippen LogP contribution in [0.25, 0.3) is 0 Å². The Kier molecular flexibility index (Phi) is 8.21. The highest BCUT2D eigenvalue weighted by molar-refractivity contribution is 7.87. The van der Waals surface area contributed by atoms with Gasteiger partial charge in [0.1, 0.15) is 16.2 Å². The van der Waals surface area contributed by atoms with E-state index in [1.807, 2.05) is 0 Å². The number of carbonyl (C=O) groups excluding carboxylic acids is 2. The SMILES string of the molecule is CC(=O)NCC(CC(=O)OC(C)(C)C)Cc1ccc(OS(=O)(=O)c2ccccc2)cc1. The summed E-state index contributed by atoms with van der Waals surface area (Å²) in [5, 5.41) is 2.74. The lowest BCUT2D eigenvalue weighted by molar-refractivity contribution is -0.156. The van der Waals surface area contributed by atoms with E-state index in [4.69, 9.17) is 8.92 Å². The number of carbonyl (C=O) groups is 2. The minimum atomic E-state index is -3.91. The van der Waals surface area contributed by atoms with Crippen LogP contribution in [0.5, 0.6) is 5.75 Å². The van der Waals surface area contributed by atoms with Crippen LogP contribution in [0.2, 0.25) is 0 Å². The second-order valence-electron chi connectivity index (χ2n) is 8.29. The van der Waals surface area contributed by atoms with E-state index in [1.54, 1.807) is 63.2 Å². The van der Waals surface area contributed by atoms with Crippen molar-refractivity contribution in [2.24, 2.45) is 5.92 Å². The van der Waals surface area contributed by atoms with Crippen LogP contribution in [-0.2, 0) is 30.9 Å². The largest absolute Gasteiger partial charge is 0.460 e. The first kappa shape index (κ1) is 24.4. The quantitative estimate of drug-likeness (QED) is 0.467. The van der Waals surface area contributed by atoms with Gasteiger partial charge in [-0.05, 0) is 62.9 Å². The van der Waals surface area contributed by atoms with E-state index in [9.17, 15) is 18.0 Å². The van der Waals surface area contributed by atoms with Crippen molar-refractivity contribution in [1.82, 2.24) is 5.32 Å². The lowest BCUT2D eigenvalue weighted by atomic mass is 9.96. The Morgan fingerprint density at radius 3 is 2.16 bits per heavy atom. The van der Waals surface area contributed by atoms with E-state index in [0.29, 0.717) is 13.0 Å². The molecule has 0 heterocycles. The highest BCUT2D eigenvalue weighted by atomic mass is 32.2. The van der Waals surface area contributed by atoms with Crippen LogP contribution in [0.4, 0.5) is 0 Å². The molecule has 1 amide bonds. The molecule has 0 aromatic heterocycles. The summed E-state index contributed by atoms with van der Waals surface area (Å²) in [5.74, 6) is -0.488. The number of hydrogen-bond donors (Lipinski definition) is 1. The average Bonchev–Trinajstić information content (AvgIpc) is 2.66. The molecule has 0 aliphatic rings. The summed E-state index contributed by atoms with van der Waals surface area (Å²) in [7, 11) is -3.91. The molecule has 0 aliphatic heterocycles. The van der Waals surface area contributed by atoms with Crippen LogP contribution in [0.3, 0.4) is 0 Å². The molecule has 0 aliphatic carbocycles. The summed E-state index contributed by atoms with van der Waals surface area (Å²) in [6.45, 7) is 7.15. The molecule has 2 rings (SSSR count). The first-order chi connectivity index (χ1) is 14.4. The van der Waals surface area contributed by atoms with Crippen molar-refractivity contribution >= 4 is 22.0 Å². The van der Waals surface area contributed by atoms with Gasteiger partial charge in [-0.25, -0.2) is 0 Å². The Morgan fingerprint density at radius 1 is 1.00 bits per heavy atom. The molecule has 0 fully saturated rings. The Hall–Kier alpha value is -2.87. The zero-order valence-electron chi connectivity index (χ0n) is 18.3. The number of ether oxygens (including phenoxy) is 1. The highest BCUT2D eigenvalue weighted by Crippen LogP contribution is 2.21. The van der Waals surface area contributed by atoms with Gasteiger partial charge in [-0.15, -0.1) is 0 Å². The third kappa shape index (κ3) is 8.80. The molecule has 0 saturated heterocycles. The molecular weight excluding hydrogens is 418 g/mol. The molecular formula is C23H29NO6S. The first-order valence-electron chi connectivity index (χ1n) is 9.99. The van der Waals surface area contributed by atoms with Crippen molar-refractivity contribution in [3.63, 3.8) is 0 Å².